The molecule has 116 valence electrons. The van der Waals surface area contributed by atoms with Crippen molar-refractivity contribution >= 4 is 28.5 Å². The Morgan fingerprint density at radius 2 is 2.18 bits per heavy atom. The van der Waals surface area contributed by atoms with Gasteiger partial charge in [0, 0.05) is 41.6 Å². The van der Waals surface area contributed by atoms with Crippen molar-refractivity contribution in [2.45, 2.75) is 6.42 Å². The van der Waals surface area contributed by atoms with Gasteiger partial charge in [-0.05, 0) is 51.9 Å². The Morgan fingerprint density at radius 3 is 2.91 bits per heavy atom. The monoisotopic (exact) mass is 414 g/mol. The van der Waals surface area contributed by atoms with Crippen molar-refractivity contribution in [1.82, 2.24) is 10.3 Å². The van der Waals surface area contributed by atoms with Gasteiger partial charge >= 0.3 is 0 Å². The van der Waals surface area contributed by atoms with Crippen LogP contribution in [0.3, 0.4) is 0 Å². The number of ether oxygens (including phenoxy) is 1. The summed E-state index contributed by atoms with van der Waals surface area (Å²) in [6.07, 6.45) is 3.48. The number of carbonyl (C=O) groups is 1. The molecule has 22 heavy (non-hydrogen) atoms. The molecular formula is C16H16FIN2O2. The molecule has 2 aromatic rings. The molecule has 0 saturated carbocycles. The minimum Gasteiger partial charge on any atom is -0.383 e. The zero-order valence-corrected chi connectivity index (χ0v) is 14.3. The van der Waals surface area contributed by atoms with Crippen molar-refractivity contribution in [2.75, 3.05) is 20.3 Å². The highest BCUT2D eigenvalue weighted by Gasteiger charge is 2.13. The second kappa shape index (κ2) is 8.19. The highest BCUT2D eigenvalue weighted by Crippen LogP contribution is 2.18. The number of amides is 1. The van der Waals surface area contributed by atoms with Crippen molar-refractivity contribution in [1.29, 1.82) is 0 Å². The van der Waals surface area contributed by atoms with Gasteiger partial charge < -0.3 is 10.1 Å². The number of hydrogen-bond acceptors (Lipinski definition) is 3. The van der Waals surface area contributed by atoms with Crippen LogP contribution in [0.5, 0.6) is 0 Å². The number of carbonyl (C=O) groups excluding carboxylic acids is 1. The molecule has 2 rings (SSSR count). The molecule has 0 atom stereocenters. The zero-order valence-electron chi connectivity index (χ0n) is 12.1. The minimum atomic E-state index is -0.276. The third-order valence-corrected chi connectivity index (χ3v) is 3.81. The van der Waals surface area contributed by atoms with E-state index >= 15 is 0 Å². The highest BCUT2D eigenvalue weighted by atomic mass is 127. The Kier molecular flexibility index (Phi) is 6.26. The van der Waals surface area contributed by atoms with Gasteiger partial charge in [-0.15, -0.1) is 0 Å². The minimum absolute atomic E-state index is 0.208. The standard InChI is InChI=1S/C16H16FIN2O2/c1-22-7-6-20-16(21)14-4-5-19-10-12(14)8-11-2-3-13(18)9-15(11)17/h2-5,9-10H,6-8H2,1H3,(H,20,21). The van der Waals surface area contributed by atoms with E-state index in [1.807, 2.05) is 6.07 Å². The van der Waals surface area contributed by atoms with Crippen LogP contribution < -0.4 is 5.32 Å². The largest absolute Gasteiger partial charge is 0.383 e. The summed E-state index contributed by atoms with van der Waals surface area (Å²) in [4.78, 5) is 16.2. The van der Waals surface area contributed by atoms with Crippen LogP contribution in [0, 0.1) is 9.39 Å². The van der Waals surface area contributed by atoms with Gasteiger partial charge in [-0.3, -0.25) is 9.78 Å². The first-order valence-electron chi connectivity index (χ1n) is 6.75. The predicted octanol–water partition coefficient (Wildman–Crippen LogP) is 2.79. The van der Waals surface area contributed by atoms with Crippen LogP contribution in [0.1, 0.15) is 21.5 Å². The number of hydrogen-bond donors (Lipinski definition) is 1. The van der Waals surface area contributed by atoms with E-state index in [0.717, 1.165) is 3.57 Å². The molecule has 4 nitrogen and oxygen atoms in total. The van der Waals surface area contributed by atoms with Crippen molar-refractivity contribution < 1.29 is 13.9 Å². The lowest BCUT2D eigenvalue weighted by molar-refractivity contribution is 0.0936. The first-order chi connectivity index (χ1) is 10.6. The molecule has 0 unspecified atom stereocenters. The second-order valence-corrected chi connectivity index (χ2v) is 5.94. The molecular weight excluding hydrogens is 398 g/mol. The summed E-state index contributed by atoms with van der Waals surface area (Å²) in [5, 5.41) is 2.76. The van der Waals surface area contributed by atoms with Gasteiger partial charge in [-0.1, -0.05) is 6.07 Å². The van der Waals surface area contributed by atoms with Gasteiger partial charge in [-0.2, -0.15) is 0 Å². The third kappa shape index (κ3) is 4.48. The van der Waals surface area contributed by atoms with E-state index in [1.165, 1.54) is 6.07 Å². The van der Waals surface area contributed by atoms with E-state index in [4.69, 9.17) is 4.74 Å². The second-order valence-electron chi connectivity index (χ2n) is 4.69. The quantitative estimate of drug-likeness (QED) is 0.585. The van der Waals surface area contributed by atoms with E-state index in [-0.39, 0.29) is 11.7 Å². The number of rotatable bonds is 6. The molecule has 0 bridgehead atoms. The normalized spacial score (nSPS) is 10.5. The third-order valence-electron chi connectivity index (χ3n) is 3.14. The molecule has 1 aromatic heterocycles. The Bertz CT molecular complexity index is 664. The molecule has 0 aliphatic heterocycles. The number of halogens is 2. The van der Waals surface area contributed by atoms with Crippen LogP contribution in [0.25, 0.3) is 0 Å². The molecule has 0 saturated heterocycles. The van der Waals surface area contributed by atoms with E-state index in [2.05, 4.69) is 32.9 Å². The molecule has 0 radical (unpaired) electrons. The summed E-state index contributed by atoms with van der Waals surface area (Å²) in [6, 6.07) is 6.69. The molecule has 1 heterocycles. The van der Waals surface area contributed by atoms with Crippen molar-refractivity contribution in [3.63, 3.8) is 0 Å². The molecule has 0 aliphatic carbocycles. The summed E-state index contributed by atoms with van der Waals surface area (Å²) in [5.41, 5.74) is 1.74. The number of benzene rings is 1. The lowest BCUT2D eigenvalue weighted by Gasteiger charge is -2.10. The van der Waals surface area contributed by atoms with Gasteiger partial charge in [0.2, 0.25) is 0 Å². The van der Waals surface area contributed by atoms with Crippen LogP contribution in [-0.2, 0) is 11.2 Å². The van der Waals surface area contributed by atoms with Gasteiger partial charge in [0.15, 0.2) is 0 Å². The maximum atomic E-state index is 14.0. The first-order valence-corrected chi connectivity index (χ1v) is 7.83. The van der Waals surface area contributed by atoms with Gasteiger partial charge in [-0.25, -0.2) is 4.39 Å². The molecule has 0 aliphatic rings. The average molecular weight is 414 g/mol. The maximum Gasteiger partial charge on any atom is 0.251 e. The fraction of sp³-hybridized carbons (Fsp3) is 0.250. The van der Waals surface area contributed by atoms with Crippen molar-refractivity contribution in [3.8, 4) is 0 Å². The van der Waals surface area contributed by atoms with Crippen LogP contribution in [0.4, 0.5) is 4.39 Å². The fourth-order valence-corrected chi connectivity index (χ4v) is 2.47. The van der Waals surface area contributed by atoms with Crippen LogP contribution in [0.2, 0.25) is 0 Å². The average Bonchev–Trinajstić information content (AvgIpc) is 2.51. The summed E-state index contributed by atoms with van der Waals surface area (Å²) in [5.74, 6) is -0.484. The van der Waals surface area contributed by atoms with E-state index in [1.54, 1.807) is 31.6 Å². The number of methoxy groups -OCH3 is 1. The SMILES string of the molecule is COCCNC(=O)c1ccncc1Cc1ccc(I)cc1F. The molecule has 1 aromatic carbocycles. The van der Waals surface area contributed by atoms with E-state index in [0.29, 0.717) is 36.3 Å². The molecule has 6 heteroatoms. The summed E-state index contributed by atoms with van der Waals surface area (Å²) in [7, 11) is 1.57. The zero-order chi connectivity index (χ0) is 15.9. The van der Waals surface area contributed by atoms with Crippen LogP contribution in [0.15, 0.2) is 36.7 Å². The molecule has 1 N–H and O–H groups in total. The predicted molar refractivity (Wildman–Crippen MR) is 90.4 cm³/mol. The number of nitrogens with zero attached hydrogens (tertiary/aromatic N) is 1. The smallest absolute Gasteiger partial charge is 0.251 e. The Hall–Kier alpha value is -1.54. The van der Waals surface area contributed by atoms with Crippen LogP contribution in [-0.4, -0.2) is 31.2 Å². The van der Waals surface area contributed by atoms with Crippen LogP contribution >= 0.6 is 22.6 Å². The molecule has 0 spiro atoms. The van der Waals surface area contributed by atoms with E-state index < -0.39 is 0 Å². The summed E-state index contributed by atoms with van der Waals surface area (Å²) in [6.45, 7) is 0.868. The highest BCUT2D eigenvalue weighted by molar-refractivity contribution is 14.1. The summed E-state index contributed by atoms with van der Waals surface area (Å²) < 4.78 is 19.7. The Balaban J connectivity index is 2.19. The van der Waals surface area contributed by atoms with Gasteiger partial charge in [0.05, 0.1) is 6.61 Å². The number of pyridine rings is 1. The topological polar surface area (TPSA) is 51.2 Å². The van der Waals surface area contributed by atoms with Gasteiger partial charge in [0.25, 0.3) is 5.91 Å². The summed E-state index contributed by atoms with van der Waals surface area (Å²) >= 11 is 2.06. The van der Waals surface area contributed by atoms with Crippen molar-refractivity contribution in [2.24, 2.45) is 0 Å². The molecule has 1 amide bonds. The Labute approximate surface area is 142 Å². The Morgan fingerprint density at radius 1 is 1.36 bits per heavy atom. The lowest BCUT2D eigenvalue weighted by Crippen LogP contribution is -2.28. The fourth-order valence-electron chi connectivity index (χ4n) is 2.02. The van der Waals surface area contributed by atoms with Gasteiger partial charge in [0.1, 0.15) is 5.82 Å². The number of nitrogens with one attached hydrogen (secondary N) is 1. The van der Waals surface area contributed by atoms with Crippen molar-refractivity contribution in [3.05, 3.63) is 62.7 Å². The molecule has 0 fully saturated rings. The first kappa shape index (κ1) is 16.8. The lowest BCUT2D eigenvalue weighted by atomic mass is 10.0. The van der Waals surface area contributed by atoms with E-state index in [9.17, 15) is 9.18 Å². The number of aromatic nitrogens is 1. The maximum absolute atomic E-state index is 14.0.